The maximum Gasteiger partial charge on any atom is 0.358 e. The average molecular weight is 255 g/mol. The Morgan fingerprint density at radius 1 is 1.39 bits per heavy atom. The monoisotopic (exact) mass is 255 g/mol. The van der Waals surface area contributed by atoms with Crippen LogP contribution < -0.4 is 5.73 Å². The largest absolute Gasteiger partial charge is 0.464 e. The molecule has 0 spiro atoms. The molecular weight excluding hydrogens is 234 g/mol. The van der Waals surface area contributed by atoms with Crippen molar-refractivity contribution in [1.29, 1.82) is 0 Å². The second-order valence-electron chi connectivity index (χ2n) is 5.03. The first-order chi connectivity index (χ1) is 8.32. The molecule has 6 heteroatoms. The summed E-state index contributed by atoms with van der Waals surface area (Å²) in [4.78, 5) is 11.7. The predicted molar refractivity (Wildman–Crippen MR) is 68.6 cm³/mol. The number of ether oxygens (including phenoxy) is 2. The number of nitrogens with two attached hydrogens (primary N) is 1. The molecule has 1 rings (SSSR count). The second-order valence-corrected chi connectivity index (χ2v) is 5.03. The molecule has 18 heavy (non-hydrogen) atoms. The van der Waals surface area contributed by atoms with Gasteiger partial charge in [-0.25, -0.2) is 9.48 Å². The van der Waals surface area contributed by atoms with Gasteiger partial charge in [0.1, 0.15) is 5.82 Å². The Bertz CT molecular complexity index is 433. The number of nitrogen functional groups attached to an aromatic ring is 1. The highest BCUT2D eigenvalue weighted by molar-refractivity contribution is 5.90. The van der Waals surface area contributed by atoms with Crippen LogP contribution in [-0.4, -0.2) is 36.6 Å². The van der Waals surface area contributed by atoms with E-state index in [-0.39, 0.29) is 11.2 Å². The van der Waals surface area contributed by atoms with Gasteiger partial charge in [-0.1, -0.05) is 0 Å². The molecule has 0 aliphatic heterocycles. The molecule has 6 nitrogen and oxygen atoms in total. The highest BCUT2D eigenvalue weighted by Gasteiger charge is 2.26. The number of carbonyl (C=O) groups excluding carboxylic acids is 1. The van der Waals surface area contributed by atoms with E-state index < -0.39 is 5.97 Å². The van der Waals surface area contributed by atoms with Crippen LogP contribution in [0.3, 0.4) is 0 Å². The summed E-state index contributed by atoms with van der Waals surface area (Å²) in [7, 11) is 2.93. The van der Waals surface area contributed by atoms with Crippen LogP contribution in [0.4, 0.5) is 5.82 Å². The molecule has 0 aromatic carbocycles. The lowest BCUT2D eigenvalue weighted by atomic mass is 10.1. The van der Waals surface area contributed by atoms with Gasteiger partial charge in [0.2, 0.25) is 0 Å². The first kappa shape index (κ1) is 14.5. The molecule has 0 atom stereocenters. The Morgan fingerprint density at radius 3 is 2.44 bits per heavy atom. The van der Waals surface area contributed by atoms with Gasteiger partial charge in [0.15, 0.2) is 5.69 Å². The fraction of sp³-hybridized carbons (Fsp3) is 0.667. The summed E-state index contributed by atoms with van der Waals surface area (Å²) < 4.78 is 11.4. The van der Waals surface area contributed by atoms with Crippen molar-refractivity contribution in [3.8, 4) is 0 Å². The van der Waals surface area contributed by atoms with Crippen LogP contribution in [0.1, 0.15) is 36.8 Å². The van der Waals surface area contributed by atoms with Crippen molar-refractivity contribution in [1.82, 2.24) is 9.78 Å². The summed E-state index contributed by atoms with van der Waals surface area (Å²) in [6, 6.07) is 0. The maximum absolute atomic E-state index is 11.7. The number of carbonyl (C=O) groups is 1. The minimum absolute atomic E-state index is 0.266. The van der Waals surface area contributed by atoms with Gasteiger partial charge in [-0.15, -0.1) is 0 Å². The SMILES string of the molecule is COCCc1c(C(=O)OC)nn(C(C)(C)C)c1N. The molecule has 0 unspecified atom stereocenters. The minimum Gasteiger partial charge on any atom is -0.464 e. The average Bonchev–Trinajstić information content (AvgIpc) is 2.62. The van der Waals surface area contributed by atoms with Gasteiger partial charge in [0.05, 0.1) is 19.3 Å². The van der Waals surface area contributed by atoms with E-state index in [0.717, 1.165) is 0 Å². The number of rotatable bonds is 4. The van der Waals surface area contributed by atoms with E-state index in [1.807, 2.05) is 20.8 Å². The van der Waals surface area contributed by atoms with Gasteiger partial charge in [-0.05, 0) is 20.8 Å². The highest BCUT2D eigenvalue weighted by Crippen LogP contribution is 2.25. The first-order valence-electron chi connectivity index (χ1n) is 5.78. The molecule has 2 N–H and O–H groups in total. The van der Waals surface area contributed by atoms with Gasteiger partial charge in [0.25, 0.3) is 0 Å². The third kappa shape index (κ3) is 2.81. The molecule has 1 aromatic heterocycles. The molecular formula is C12H21N3O3. The van der Waals surface area contributed by atoms with Crippen molar-refractivity contribution in [2.24, 2.45) is 0 Å². The van der Waals surface area contributed by atoms with Crippen molar-refractivity contribution in [2.75, 3.05) is 26.6 Å². The van der Waals surface area contributed by atoms with Crippen LogP contribution in [0.5, 0.6) is 0 Å². The van der Waals surface area contributed by atoms with E-state index in [4.69, 9.17) is 15.2 Å². The number of hydrogen-bond donors (Lipinski definition) is 1. The summed E-state index contributed by atoms with van der Waals surface area (Å²) >= 11 is 0. The van der Waals surface area contributed by atoms with Crippen molar-refractivity contribution in [3.63, 3.8) is 0 Å². The zero-order valence-corrected chi connectivity index (χ0v) is 11.6. The summed E-state index contributed by atoms with van der Waals surface area (Å²) in [6.07, 6.45) is 0.531. The van der Waals surface area contributed by atoms with Crippen molar-refractivity contribution in [2.45, 2.75) is 32.7 Å². The Labute approximate surface area is 107 Å². The Hall–Kier alpha value is -1.56. The molecule has 1 aromatic rings. The standard InChI is InChI=1S/C12H21N3O3/c1-12(2,3)15-10(13)8(6-7-17-4)9(14-15)11(16)18-5/h6-7,13H2,1-5H3. The third-order valence-corrected chi connectivity index (χ3v) is 2.59. The number of anilines is 1. The van der Waals surface area contributed by atoms with Crippen LogP contribution in [0, 0.1) is 0 Å². The lowest BCUT2D eigenvalue weighted by Crippen LogP contribution is -2.25. The van der Waals surface area contributed by atoms with Gasteiger partial charge >= 0.3 is 5.97 Å². The third-order valence-electron chi connectivity index (χ3n) is 2.59. The van der Waals surface area contributed by atoms with Crippen molar-refractivity contribution < 1.29 is 14.3 Å². The molecule has 0 aliphatic carbocycles. The summed E-state index contributed by atoms with van der Waals surface area (Å²) in [5.41, 5.74) is 6.71. The van der Waals surface area contributed by atoms with Gasteiger partial charge in [0, 0.05) is 19.1 Å². The van der Waals surface area contributed by atoms with Crippen LogP contribution in [0.25, 0.3) is 0 Å². The maximum atomic E-state index is 11.7. The molecule has 0 aliphatic rings. The van der Waals surface area contributed by atoms with E-state index in [1.165, 1.54) is 7.11 Å². The van der Waals surface area contributed by atoms with Gasteiger partial charge in [-0.2, -0.15) is 5.10 Å². The summed E-state index contributed by atoms with van der Waals surface area (Å²) in [5.74, 6) is 0.00996. The quantitative estimate of drug-likeness (QED) is 0.818. The molecule has 0 saturated carbocycles. The number of esters is 1. The predicted octanol–water partition coefficient (Wildman–Crippen LogP) is 1.20. The van der Waals surface area contributed by atoms with E-state index in [2.05, 4.69) is 5.10 Å². The van der Waals surface area contributed by atoms with Gasteiger partial charge < -0.3 is 15.2 Å². The fourth-order valence-electron chi connectivity index (χ4n) is 1.69. The Balaban J connectivity index is 3.27. The van der Waals surface area contributed by atoms with E-state index in [9.17, 15) is 4.79 Å². The number of aromatic nitrogens is 2. The minimum atomic E-state index is -0.476. The van der Waals surface area contributed by atoms with Crippen molar-refractivity contribution >= 4 is 11.8 Å². The lowest BCUT2D eigenvalue weighted by molar-refractivity contribution is 0.0590. The summed E-state index contributed by atoms with van der Waals surface area (Å²) in [5, 5.41) is 4.27. The molecule has 0 saturated heterocycles. The summed E-state index contributed by atoms with van der Waals surface area (Å²) in [6.45, 7) is 6.39. The Morgan fingerprint density at radius 2 is 2.00 bits per heavy atom. The molecule has 0 radical (unpaired) electrons. The van der Waals surface area contributed by atoms with E-state index in [0.29, 0.717) is 24.4 Å². The molecule has 0 amide bonds. The first-order valence-corrected chi connectivity index (χ1v) is 5.78. The van der Waals surface area contributed by atoms with Gasteiger partial charge in [-0.3, -0.25) is 0 Å². The topological polar surface area (TPSA) is 79.4 Å². The number of nitrogens with zero attached hydrogens (tertiary/aromatic N) is 2. The smallest absolute Gasteiger partial charge is 0.358 e. The molecule has 0 fully saturated rings. The normalized spacial score (nSPS) is 11.6. The van der Waals surface area contributed by atoms with Crippen LogP contribution in [-0.2, 0) is 21.4 Å². The zero-order chi connectivity index (χ0) is 13.9. The molecule has 1 heterocycles. The van der Waals surface area contributed by atoms with Crippen LogP contribution in [0.15, 0.2) is 0 Å². The number of hydrogen-bond acceptors (Lipinski definition) is 5. The molecule has 0 bridgehead atoms. The van der Waals surface area contributed by atoms with E-state index in [1.54, 1.807) is 11.8 Å². The van der Waals surface area contributed by atoms with Crippen LogP contribution >= 0.6 is 0 Å². The van der Waals surface area contributed by atoms with Crippen molar-refractivity contribution in [3.05, 3.63) is 11.3 Å². The van der Waals surface area contributed by atoms with E-state index >= 15 is 0 Å². The highest BCUT2D eigenvalue weighted by atomic mass is 16.5. The number of methoxy groups -OCH3 is 2. The fourth-order valence-corrected chi connectivity index (χ4v) is 1.69. The molecule has 102 valence electrons. The zero-order valence-electron chi connectivity index (χ0n) is 11.6. The van der Waals surface area contributed by atoms with Crippen LogP contribution in [0.2, 0.25) is 0 Å². The second kappa shape index (κ2) is 5.39. The lowest BCUT2D eigenvalue weighted by Gasteiger charge is -2.20. The Kier molecular flexibility index (Phi) is 4.34.